The Morgan fingerprint density at radius 1 is 1.19 bits per heavy atom. The molecule has 1 unspecified atom stereocenters. The second-order valence-electron chi connectivity index (χ2n) is 4.51. The Morgan fingerprint density at radius 2 is 1.88 bits per heavy atom. The fourth-order valence-corrected chi connectivity index (χ4v) is 2.18. The highest BCUT2D eigenvalue weighted by Gasteiger charge is 2.17. The smallest absolute Gasteiger partial charge is 0.0681 e. The summed E-state index contributed by atoms with van der Waals surface area (Å²) in [6.45, 7) is 2.84. The van der Waals surface area contributed by atoms with E-state index >= 15 is 0 Å². The van der Waals surface area contributed by atoms with Crippen LogP contribution >= 0.6 is 0 Å². The molecule has 2 rings (SSSR count). The largest absolute Gasteiger partial charge is 0.392 e. The summed E-state index contributed by atoms with van der Waals surface area (Å²) >= 11 is 0. The van der Waals surface area contributed by atoms with E-state index in [1.165, 1.54) is 5.56 Å². The van der Waals surface area contributed by atoms with E-state index in [-0.39, 0.29) is 12.7 Å². The molecular weight excluding hydrogens is 202 g/mol. The molecule has 3 nitrogen and oxygen atoms in total. The van der Waals surface area contributed by atoms with Crippen molar-refractivity contribution in [1.82, 2.24) is 4.90 Å². The maximum absolute atomic E-state index is 9.57. The molecule has 1 atom stereocenters. The number of hydrogen-bond donors (Lipinski definition) is 2. The molecule has 2 N–H and O–H groups in total. The molecule has 0 amide bonds. The van der Waals surface area contributed by atoms with Crippen LogP contribution in [0.4, 0.5) is 0 Å². The van der Waals surface area contributed by atoms with E-state index in [0.717, 1.165) is 38.0 Å². The lowest BCUT2D eigenvalue weighted by Crippen LogP contribution is -2.37. The highest BCUT2D eigenvalue weighted by atomic mass is 16.3. The van der Waals surface area contributed by atoms with Gasteiger partial charge in [-0.05, 0) is 30.5 Å². The first-order valence-corrected chi connectivity index (χ1v) is 5.87. The molecule has 0 aliphatic carbocycles. The lowest BCUT2D eigenvalue weighted by molar-refractivity contribution is 0.0668. The van der Waals surface area contributed by atoms with Crippen LogP contribution < -0.4 is 0 Å². The summed E-state index contributed by atoms with van der Waals surface area (Å²) in [4.78, 5) is 2.28. The first-order valence-electron chi connectivity index (χ1n) is 5.87. The van der Waals surface area contributed by atoms with E-state index in [1.807, 2.05) is 24.3 Å². The highest BCUT2D eigenvalue weighted by Crippen LogP contribution is 2.14. The summed E-state index contributed by atoms with van der Waals surface area (Å²) < 4.78 is 0. The van der Waals surface area contributed by atoms with Gasteiger partial charge in [0.25, 0.3) is 0 Å². The Bertz CT molecular complexity index is 323. The van der Waals surface area contributed by atoms with Gasteiger partial charge in [0.05, 0.1) is 12.7 Å². The molecule has 0 spiro atoms. The normalized spacial score (nSPS) is 22.2. The van der Waals surface area contributed by atoms with Gasteiger partial charge >= 0.3 is 0 Å². The third-order valence-corrected chi connectivity index (χ3v) is 3.09. The van der Waals surface area contributed by atoms with Gasteiger partial charge in [-0.1, -0.05) is 24.3 Å². The van der Waals surface area contributed by atoms with E-state index in [4.69, 9.17) is 5.11 Å². The van der Waals surface area contributed by atoms with Crippen molar-refractivity contribution >= 4 is 0 Å². The Kier molecular flexibility index (Phi) is 3.93. The standard InChI is InChI=1S/C13H19NO2/c15-10-12-5-3-11(4-6-12)8-14-7-1-2-13(16)9-14/h3-6,13,15-16H,1-2,7-10H2. The van der Waals surface area contributed by atoms with Crippen LogP contribution in [0.2, 0.25) is 0 Å². The average molecular weight is 221 g/mol. The molecule has 88 valence electrons. The van der Waals surface area contributed by atoms with Crippen molar-refractivity contribution in [2.45, 2.75) is 32.1 Å². The number of hydrogen-bond acceptors (Lipinski definition) is 3. The minimum atomic E-state index is -0.162. The maximum Gasteiger partial charge on any atom is 0.0681 e. The van der Waals surface area contributed by atoms with Crippen LogP contribution in [0.3, 0.4) is 0 Å². The van der Waals surface area contributed by atoms with Crippen LogP contribution in [0.5, 0.6) is 0 Å². The lowest BCUT2D eigenvalue weighted by Gasteiger charge is -2.29. The van der Waals surface area contributed by atoms with Gasteiger partial charge in [0, 0.05) is 13.1 Å². The zero-order valence-electron chi connectivity index (χ0n) is 9.47. The van der Waals surface area contributed by atoms with Gasteiger partial charge in [0.2, 0.25) is 0 Å². The van der Waals surface area contributed by atoms with E-state index in [2.05, 4.69) is 4.90 Å². The number of β-amino-alcohol motifs (C(OH)–C–C–N with tert-alkyl or cyclic N) is 1. The van der Waals surface area contributed by atoms with Crippen molar-refractivity contribution in [3.8, 4) is 0 Å². The third-order valence-electron chi connectivity index (χ3n) is 3.09. The number of aliphatic hydroxyl groups excluding tert-OH is 2. The number of likely N-dealkylation sites (tertiary alicyclic amines) is 1. The van der Waals surface area contributed by atoms with Crippen molar-refractivity contribution in [2.24, 2.45) is 0 Å². The minimum absolute atomic E-state index is 0.0999. The molecule has 16 heavy (non-hydrogen) atoms. The first kappa shape index (κ1) is 11.6. The van der Waals surface area contributed by atoms with Crippen LogP contribution in [0.25, 0.3) is 0 Å². The first-order chi connectivity index (χ1) is 7.78. The van der Waals surface area contributed by atoms with E-state index < -0.39 is 0 Å². The van der Waals surface area contributed by atoms with Crippen molar-refractivity contribution in [1.29, 1.82) is 0 Å². The molecule has 1 aromatic rings. The summed E-state index contributed by atoms with van der Waals surface area (Å²) in [5.74, 6) is 0. The minimum Gasteiger partial charge on any atom is -0.392 e. The zero-order chi connectivity index (χ0) is 11.4. The molecule has 1 aliphatic rings. The Hall–Kier alpha value is -0.900. The van der Waals surface area contributed by atoms with Crippen molar-refractivity contribution < 1.29 is 10.2 Å². The molecule has 0 bridgehead atoms. The quantitative estimate of drug-likeness (QED) is 0.804. The van der Waals surface area contributed by atoms with Gasteiger partial charge in [0.15, 0.2) is 0 Å². The van der Waals surface area contributed by atoms with E-state index in [0.29, 0.717) is 0 Å². The predicted octanol–water partition coefficient (Wildman–Crippen LogP) is 1.14. The average Bonchev–Trinajstić information content (AvgIpc) is 2.30. The predicted molar refractivity (Wildman–Crippen MR) is 62.9 cm³/mol. The van der Waals surface area contributed by atoms with Gasteiger partial charge in [0.1, 0.15) is 0 Å². The van der Waals surface area contributed by atoms with Crippen LogP contribution in [-0.2, 0) is 13.2 Å². The van der Waals surface area contributed by atoms with Gasteiger partial charge in [-0.15, -0.1) is 0 Å². The van der Waals surface area contributed by atoms with Gasteiger partial charge in [-0.2, -0.15) is 0 Å². The summed E-state index contributed by atoms with van der Waals surface area (Å²) in [5.41, 5.74) is 2.19. The van der Waals surface area contributed by atoms with Crippen LogP contribution in [0.1, 0.15) is 24.0 Å². The fourth-order valence-electron chi connectivity index (χ4n) is 2.18. The second kappa shape index (κ2) is 5.43. The maximum atomic E-state index is 9.57. The highest BCUT2D eigenvalue weighted by molar-refractivity contribution is 5.21. The number of nitrogens with zero attached hydrogens (tertiary/aromatic N) is 1. The van der Waals surface area contributed by atoms with Crippen LogP contribution in [0, 0.1) is 0 Å². The Balaban J connectivity index is 1.92. The molecule has 1 aromatic carbocycles. The van der Waals surface area contributed by atoms with Crippen molar-refractivity contribution in [3.63, 3.8) is 0 Å². The summed E-state index contributed by atoms with van der Waals surface area (Å²) in [7, 11) is 0. The van der Waals surface area contributed by atoms with Crippen LogP contribution in [0.15, 0.2) is 24.3 Å². The second-order valence-corrected chi connectivity index (χ2v) is 4.51. The number of rotatable bonds is 3. The van der Waals surface area contributed by atoms with Crippen LogP contribution in [-0.4, -0.2) is 34.3 Å². The topological polar surface area (TPSA) is 43.7 Å². The fraction of sp³-hybridized carbons (Fsp3) is 0.538. The molecule has 0 radical (unpaired) electrons. The number of aliphatic hydroxyl groups is 2. The zero-order valence-corrected chi connectivity index (χ0v) is 9.47. The number of benzene rings is 1. The molecule has 1 saturated heterocycles. The molecular formula is C13H19NO2. The van der Waals surface area contributed by atoms with Gasteiger partial charge in [-0.25, -0.2) is 0 Å². The molecule has 3 heteroatoms. The number of piperidine rings is 1. The van der Waals surface area contributed by atoms with E-state index in [1.54, 1.807) is 0 Å². The summed E-state index contributed by atoms with van der Waals surface area (Å²) in [6, 6.07) is 8.00. The molecule has 0 aromatic heterocycles. The SMILES string of the molecule is OCc1ccc(CN2CCCC(O)C2)cc1. The van der Waals surface area contributed by atoms with Gasteiger partial charge < -0.3 is 10.2 Å². The molecule has 1 fully saturated rings. The van der Waals surface area contributed by atoms with Gasteiger partial charge in [-0.3, -0.25) is 4.90 Å². The summed E-state index contributed by atoms with van der Waals surface area (Å²) in [5, 5.41) is 18.5. The monoisotopic (exact) mass is 221 g/mol. The summed E-state index contributed by atoms with van der Waals surface area (Å²) in [6.07, 6.45) is 1.85. The van der Waals surface area contributed by atoms with Crippen molar-refractivity contribution in [3.05, 3.63) is 35.4 Å². The molecule has 1 aliphatic heterocycles. The Labute approximate surface area is 96.3 Å². The third kappa shape index (κ3) is 3.04. The lowest BCUT2D eigenvalue weighted by atomic mass is 10.1. The Morgan fingerprint density at radius 3 is 2.50 bits per heavy atom. The van der Waals surface area contributed by atoms with E-state index in [9.17, 15) is 5.11 Å². The van der Waals surface area contributed by atoms with Crippen molar-refractivity contribution in [2.75, 3.05) is 13.1 Å². The molecule has 1 heterocycles. The molecule has 0 saturated carbocycles.